The molecule has 0 aliphatic carbocycles. The summed E-state index contributed by atoms with van der Waals surface area (Å²) in [6.07, 6.45) is 0.0810. The quantitative estimate of drug-likeness (QED) is 0.0795. The van der Waals surface area contributed by atoms with Crippen molar-refractivity contribution in [3.8, 4) is 11.4 Å². The number of halogens is 1. The Balaban J connectivity index is 1.23. The van der Waals surface area contributed by atoms with Crippen LogP contribution >= 0.6 is 22.6 Å². The van der Waals surface area contributed by atoms with Gasteiger partial charge in [-0.3, -0.25) is 4.79 Å². The summed E-state index contributed by atoms with van der Waals surface area (Å²) >= 11 is 2.25. The molecule has 2 aliphatic rings. The average molecular weight is 693 g/mol. The number of rotatable bonds is 15. The van der Waals surface area contributed by atoms with Gasteiger partial charge >= 0.3 is 11.9 Å². The minimum absolute atomic E-state index is 0.0810. The summed E-state index contributed by atoms with van der Waals surface area (Å²) in [6.45, 7) is 4.46. The fraction of sp³-hybridized carbons (Fsp3) is 0.467. The molecule has 0 unspecified atom stereocenters. The highest BCUT2D eigenvalue weighted by Gasteiger charge is 2.50. The number of ether oxygens (including phenoxy) is 6. The van der Waals surface area contributed by atoms with Crippen LogP contribution in [0.1, 0.15) is 30.0 Å². The molecule has 5 rings (SSSR count). The second-order valence-electron chi connectivity index (χ2n) is 9.81. The molecule has 3 aromatic rings. The molecule has 0 bridgehead atoms. The van der Waals surface area contributed by atoms with Crippen LogP contribution in [0, 0.1) is 0 Å². The summed E-state index contributed by atoms with van der Waals surface area (Å²) in [6, 6.07) is 11.5. The lowest BCUT2D eigenvalue weighted by atomic mass is 9.85. The zero-order chi connectivity index (χ0) is 29.5. The highest BCUT2D eigenvalue weighted by molar-refractivity contribution is 14.1. The molecule has 12 heteroatoms. The first-order chi connectivity index (χ1) is 20.5. The summed E-state index contributed by atoms with van der Waals surface area (Å²) in [7, 11) is 0. The number of nitrogens with zero attached hydrogens (tertiary/aromatic N) is 2. The second-order valence-corrected chi connectivity index (χ2v) is 10.9. The molecule has 224 valence electrons. The number of benzene rings is 1. The Morgan fingerprint density at radius 2 is 1.69 bits per heavy atom. The summed E-state index contributed by atoms with van der Waals surface area (Å²) in [5.41, 5.74) is 1.51. The van der Waals surface area contributed by atoms with Crippen LogP contribution in [0.2, 0.25) is 0 Å². The number of carbonyl (C=O) groups is 2. The van der Waals surface area contributed by atoms with Crippen LogP contribution < -0.4 is 5.56 Å². The number of cyclic esters (lactones) is 1. The monoisotopic (exact) mass is 692 g/mol. The van der Waals surface area contributed by atoms with Crippen LogP contribution in [0.3, 0.4) is 0 Å². The van der Waals surface area contributed by atoms with Gasteiger partial charge in [0.2, 0.25) is 5.60 Å². The van der Waals surface area contributed by atoms with Crippen LogP contribution in [-0.4, -0.2) is 78.8 Å². The van der Waals surface area contributed by atoms with Gasteiger partial charge in [-0.2, -0.15) is 0 Å². The zero-order valence-corrected chi connectivity index (χ0v) is 25.6. The number of fused-ring (bicyclic) bond motifs is 5. The Hall–Kier alpha value is -2.91. The van der Waals surface area contributed by atoms with Gasteiger partial charge in [-0.1, -0.05) is 47.7 Å². The molecular weight excluding hydrogens is 659 g/mol. The minimum atomic E-state index is -1.77. The molecule has 1 aromatic carbocycles. The van der Waals surface area contributed by atoms with E-state index >= 15 is 0 Å². The molecule has 42 heavy (non-hydrogen) atoms. The van der Waals surface area contributed by atoms with E-state index in [1.165, 1.54) is 0 Å². The molecule has 0 radical (unpaired) electrons. The molecule has 2 aromatic heterocycles. The normalized spacial score (nSPS) is 17.0. The Kier molecular flexibility index (Phi) is 10.2. The fourth-order valence-electron chi connectivity index (χ4n) is 5.18. The number of hydrogen-bond donors (Lipinski definition) is 0. The van der Waals surface area contributed by atoms with E-state index in [0.29, 0.717) is 62.1 Å². The maximum absolute atomic E-state index is 13.6. The van der Waals surface area contributed by atoms with Gasteiger partial charge < -0.3 is 33.0 Å². The van der Waals surface area contributed by atoms with Crippen LogP contribution in [-0.2, 0) is 56.8 Å². The summed E-state index contributed by atoms with van der Waals surface area (Å²) in [5.74, 6) is -1.47. The summed E-state index contributed by atoms with van der Waals surface area (Å²) in [5, 5.41) is 0.976. The number of carbonyl (C=O) groups excluding carboxylic acids is 2. The number of hydrogen-bond acceptors (Lipinski definition) is 10. The fourth-order valence-corrected chi connectivity index (χ4v) is 5.49. The minimum Gasteiger partial charge on any atom is -0.457 e. The molecule has 0 saturated carbocycles. The molecule has 1 atom stereocenters. The third-order valence-electron chi connectivity index (χ3n) is 7.23. The van der Waals surface area contributed by atoms with E-state index in [-0.39, 0.29) is 31.8 Å². The van der Waals surface area contributed by atoms with Crippen molar-refractivity contribution in [2.24, 2.45) is 0 Å². The third kappa shape index (κ3) is 6.37. The number of esters is 2. The van der Waals surface area contributed by atoms with E-state index in [1.807, 2.05) is 30.3 Å². The van der Waals surface area contributed by atoms with Crippen molar-refractivity contribution >= 4 is 45.4 Å². The van der Waals surface area contributed by atoms with Gasteiger partial charge in [0.1, 0.15) is 13.2 Å². The molecule has 0 amide bonds. The summed E-state index contributed by atoms with van der Waals surface area (Å²) < 4.78 is 35.3. The first-order valence-electron chi connectivity index (χ1n) is 13.9. The van der Waals surface area contributed by atoms with Crippen LogP contribution in [0.5, 0.6) is 0 Å². The highest BCUT2D eigenvalue weighted by Crippen LogP contribution is 2.40. The zero-order valence-electron chi connectivity index (χ0n) is 23.4. The lowest BCUT2D eigenvalue weighted by Crippen LogP contribution is -2.48. The van der Waals surface area contributed by atoms with Gasteiger partial charge in [-0.15, -0.1) is 0 Å². The van der Waals surface area contributed by atoms with Gasteiger partial charge in [0.05, 0.1) is 75.3 Å². The van der Waals surface area contributed by atoms with Crippen molar-refractivity contribution in [2.75, 3.05) is 57.3 Å². The molecular formula is C30H33IN2O9. The van der Waals surface area contributed by atoms with Gasteiger partial charge in [0.15, 0.2) is 0 Å². The lowest BCUT2D eigenvalue weighted by molar-refractivity contribution is -0.192. The predicted molar refractivity (Wildman–Crippen MR) is 161 cm³/mol. The van der Waals surface area contributed by atoms with Crippen molar-refractivity contribution in [1.82, 2.24) is 9.55 Å². The second kappa shape index (κ2) is 14.0. The Morgan fingerprint density at radius 3 is 2.40 bits per heavy atom. The number of alkyl halides is 1. The number of pyridine rings is 2. The standard InChI is InChI=1S/C30H33IN2O9/c1-2-30(42-26(34)19-40-14-13-39-12-11-38-10-9-37-8-7-31)23-16-25-27-21(15-20-5-3-4-6-24(20)32-27)17-33(25)28(35)22(23)18-41-29(30)36/h3-6,15-16H,2,7-14,17-19H2,1H3/t30-/m0/s1. The van der Waals surface area contributed by atoms with Crippen molar-refractivity contribution in [3.05, 3.63) is 63.4 Å². The van der Waals surface area contributed by atoms with Gasteiger partial charge in [-0.25, -0.2) is 14.6 Å². The molecule has 0 fully saturated rings. The smallest absolute Gasteiger partial charge is 0.355 e. The first-order valence-corrected chi connectivity index (χ1v) is 15.4. The largest absolute Gasteiger partial charge is 0.457 e. The number of aromatic nitrogens is 2. The third-order valence-corrected chi connectivity index (χ3v) is 7.67. The van der Waals surface area contributed by atoms with E-state index in [9.17, 15) is 14.4 Å². The van der Waals surface area contributed by atoms with E-state index in [2.05, 4.69) is 22.6 Å². The van der Waals surface area contributed by atoms with Crippen LogP contribution in [0.25, 0.3) is 22.3 Å². The van der Waals surface area contributed by atoms with Crippen molar-refractivity contribution < 1.29 is 38.0 Å². The van der Waals surface area contributed by atoms with E-state index in [1.54, 1.807) is 17.6 Å². The van der Waals surface area contributed by atoms with Crippen LogP contribution in [0.15, 0.2) is 41.2 Å². The van der Waals surface area contributed by atoms with E-state index in [4.69, 9.17) is 33.4 Å². The molecule has 2 aliphatic heterocycles. The molecule has 0 saturated heterocycles. The highest BCUT2D eigenvalue weighted by atomic mass is 127. The SMILES string of the molecule is CC[C@@]1(OC(=O)COCCOCCOCCOCCI)C(=O)OCc2c1cc1n(c2=O)Cc2cc3ccccc3nc2-1. The lowest BCUT2D eigenvalue weighted by Gasteiger charge is -2.35. The maximum atomic E-state index is 13.6. The van der Waals surface area contributed by atoms with Crippen LogP contribution in [0.4, 0.5) is 0 Å². The van der Waals surface area contributed by atoms with Crippen molar-refractivity contribution in [2.45, 2.75) is 32.1 Å². The summed E-state index contributed by atoms with van der Waals surface area (Å²) in [4.78, 5) is 44.4. The van der Waals surface area contributed by atoms with E-state index in [0.717, 1.165) is 20.9 Å². The Bertz CT molecular complexity index is 1510. The first kappa shape index (κ1) is 30.5. The Labute approximate surface area is 256 Å². The van der Waals surface area contributed by atoms with Crippen molar-refractivity contribution in [1.29, 1.82) is 0 Å². The van der Waals surface area contributed by atoms with Crippen molar-refractivity contribution in [3.63, 3.8) is 0 Å². The predicted octanol–water partition coefficient (Wildman–Crippen LogP) is 3.13. The maximum Gasteiger partial charge on any atom is 0.355 e. The number of para-hydroxylation sites is 1. The van der Waals surface area contributed by atoms with E-state index < -0.39 is 24.1 Å². The molecule has 0 N–H and O–H groups in total. The van der Waals surface area contributed by atoms with Gasteiger partial charge in [0, 0.05) is 20.9 Å². The molecule has 4 heterocycles. The molecule has 0 spiro atoms. The average Bonchev–Trinajstić information content (AvgIpc) is 3.35. The van der Waals surface area contributed by atoms with Gasteiger partial charge in [0.25, 0.3) is 5.56 Å². The topological polar surface area (TPSA) is 124 Å². The molecule has 11 nitrogen and oxygen atoms in total. The van der Waals surface area contributed by atoms with Gasteiger partial charge in [-0.05, 0) is 24.6 Å². The Morgan fingerprint density at radius 1 is 1.00 bits per heavy atom.